The van der Waals surface area contributed by atoms with Crippen LogP contribution in [0.2, 0.25) is 0 Å². The molecule has 0 N–H and O–H groups in total. The van der Waals surface area contributed by atoms with E-state index < -0.39 is 0 Å². The van der Waals surface area contributed by atoms with Gasteiger partial charge in [0.25, 0.3) is 0 Å². The van der Waals surface area contributed by atoms with Gasteiger partial charge in [0.15, 0.2) is 5.65 Å². The van der Waals surface area contributed by atoms with Gasteiger partial charge in [-0.15, -0.1) is 12.4 Å². The molecule has 2 aromatic rings. The fourth-order valence-electron chi connectivity index (χ4n) is 4.71. The molecule has 0 aliphatic carbocycles. The van der Waals surface area contributed by atoms with Crippen LogP contribution in [0.15, 0.2) is 18.3 Å². The Bertz CT molecular complexity index is 910. The molecule has 1 unspecified atom stereocenters. The van der Waals surface area contributed by atoms with Crippen molar-refractivity contribution >= 4 is 35.3 Å². The SMILES string of the molecule is CCOCCCN1CC(C(=O)N2CCC(c3nn(C)c4ncccc34)CC2)CC1=O.Cl. The highest BCUT2D eigenvalue weighted by molar-refractivity contribution is 5.89. The number of rotatable bonds is 7. The molecule has 9 heteroatoms. The summed E-state index contributed by atoms with van der Waals surface area (Å²) in [6, 6.07) is 4.02. The standard InChI is InChI=1S/C22H31N5O3.ClH/c1-3-30-13-5-10-27-15-17(14-19(27)28)22(29)26-11-7-16(8-12-26)20-18-6-4-9-23-21(18)25(2)24-20;/h4,6,9,16-17H,3,5,7-8,10-15H2,1-2H3;1H. The Morgan fingerprint density at radius 3 is 2.81 bits per heavy atom. The Hall–Kier alpha value is -2.19. The molecule has 2 aromatic heterocycles. The van der Waals surface area contributed by atoms with Crippen molar-refractivity contribution in [3.8, 4) is 0 Å². The van der Waals surface area contributed by atoms with Crippen molar-refractivity contribution in [3.63, 3.8) is 0 Å². The largest absolute Gasteiger partial charge is 0.382 e. The second-order valence-electron chi connectivity index (χ2n) is 8.27. The van der Waals surface area contributed by atoms with Crippen molar-refractivity contribution in [1.29, 1.82) is 0 Å². The number of aromatic nitrogens is 3. The van der Waals surface area contributed by atoms with E-state index in [-0.39, 0.29) is 30.1 Å². The van der Waals surface area contributed by atoms with Crippen molar-refractivity contribution in [1.82, 2.24) is 24.6 Å². The van der Waals surface area contributed by atoms with E-state index in [1.165, 1.54) is 0 Å². The Kier molecular flexibility index (Phi) is 7.89. The molecule has 0 bridgehead atoms. The van der Waals surface area contributed by atoms with Crippen LogP contribution in [-0.2, 0) is 21.4 Å². The summed E-state index contributed by atoms with van der Waals surface area (Å²) in [5, 5.41) is 5.82. The first-order valence-corrected chi connectivity index (χ1v) is 11.0. The number of halogens is 1. The van der Waals surface area contributed by atoms with Crippen LogP contribution in [0.1, 0.15) is 44.2 Å². The first-order valence-electron chi connectivity index (χ1n) is 11.0. The van der Waals surface area contributed by atoms with Gasteiger partial charge in [0, 0.05) is 70.4 Å². The molecule has 2 amide bonds. The molecular formula is C22H32ClN5O3. The molecule has 2 aliphatic heterocycles. The fourth-order valence-corrected chi connectivity index (χ4v) is 4.71. The molecule has 31 heavy (non-hydrogen) atoms. The number of piperidine rings is 1. The number of hydrogen-bond acceptors (Lipinski definition) is 5. The average Bonchev–Trinajstić information content (AvgIpc) is 3.31. The van der Waals surface area contributed by atoms with Crippen molar-refractivity contribution in [3.05, 3.63) is 24.0 Å². The van der Waals surface area contributed by atoms with Crippen LogP contribution in [0.5, 0.6) is 0 Å². The first kappa shape index (κ1) is 23.5. The molecule has 8 nitrogen and oxygen atoms in total. The summed E-state index contributed by atoms with van der Waals surface area (Å²) in [5.74, 6) is 0.345. The molecule has 4 heterocycles. The number of ether oxygens (including phenoxy) is 1. The Balaban J connectivity index is 0.00000272. The highest BCUT2D eigenvalue weighted by atomic mass is 35.5. The highest BCUT2D eigenvalue weighted by Gasteiger charge is 2.37. The molecule has 0 aromatic carbocycles. The van der Waals surface area contributed by atoms with Crippen LogP contribution in [0.3, 0.4) is 0 Å². The maximum Gasteiger partial charge on any atom is 0.227 e. The molecule has 1 atom stereocenters. The number of amides is 2. The minimum absolute atomic E-state index is 0. The Morgan fingerprint density at radius 2 is 2.06 bits per heavy atom. The molecule has 170 valence electrons. The number of aryl methyl sites for hydroxylation is 1. The molecule has 0 saturated carbocycles. The zero-order valence-corrected chi connectivity index (χ0v) is 19.1. The molecule has 4 rings (SSSR count). The second kappa shape index (κ2) is 10.4. The van der Waals surface area contributed by atoms with Gasteiger partial charge in [-0.25, -0.2) is 4.98 Å². The van der Waals surface area contributed by atoms with Crippen molar-refractivity contribution in [2.24, 2.45) is 13.0 Å². The van der Waals surface area contributed by atoms with Crippen molar-refractivity contribution < 1.29 is 14.3 Å². The van der Waals surface area contributed by atoms with Gasteiger partial charge < -0.3 is 14.5 Å². The lowest BCUT2D eigenvalue weighted by Gasteiger charge is -2.33. The lowest BCUT2D eigenvalue weighted by molar-refractivity contribution is -0.136. The third-order valence-electron chi connectivity index (χ3n) is 6.30. The van der Waals surface area contributed by atoms with Crippen LogP contribution >= 0.6 is 12.4 Å². The van der Waals surface area contributed by atoms with E-state index in [2.05, 4.69) is 11.1 Å². The normalized spacial score (nSPS) is 19.8. The third-order valence-corrected chi connectivity index (χ3v) is 6.30. The molecule has 2 aliphatic rings. The predicted octanol–water partition coefficient (Wildman–Crippen LogP) is 2.37. The lowest BCUT2D eigenvalue weighted by atomic mass is 9.91. The predicted molar refractivity (Wildman–Crippen MR) is 120 cm³/mol. The van der Waals surface area contributed by atoms with Crippen LogP contribution in [0.25, 0.3) is 11.0 Å². The summed E-state index contributed by atoms with van der Waals surface area (Å²) < 4.78 is 7.19. The number of fused-ring (bicyclic) bond motifs is 1. The van der Waals surface area contributed by atoms with Crippen molar-refractivity contribution in [2.75, 3.05) is 39.4 Å². The van der Waals surface area contributed by atoms with E-state index in [0.717, 1.165) is 49.1 Å². The molecule has 2 saturated heterocycles. The van der Waals surface area contributed by atoms with E-state index >= 15 is 0 Å². The quantitative estimate of drug-likeness (QED) is 0.606. The summed E-state index contributed by atoms with van der Waals surface area (Å²) in [7, 11) is 1.93. The number of carbonyl (C=O) groups is 2. The summed E-state index contributed by atoms with van der Waals surface area (Å²) in [6.45, 7) is 5.96. The topological polar surface area (TPSA) is 80.6 Å². The van der Waals surface area contributed by atoms with Gasteiger partial charge in [0.1, 0.15) is 0 Å². The van der Waals surface area contributed by atoms with Crippen LogP contribution in [0, 0.1) is 5.92 Å². The first-order chi connectivity index (χ1) is 14.6. The van der Waals surface area contributed by atoms with Crippen LogP contribution < -0.4 is 0 Å². The molecule has 2 fully saturated rings. The monoisotopic (exact) mass is 449 g/mol. The maximum atomic E-state index is 13.0. The van der Waals surface area contributed by atoms with E-state index in [9.17, 15) is 9.59 Å². The molecular weight excluding hydrogens is 418 g/mol. The van der Waals surface area contributed by atoms with Crippen molar-refractivity contribution in [2.45, 2.75) is 38.5 Å². The van der Waals surface area contributed by atoms with E-state index in [1.54, 1.807) is 6.20 Å². The third kappa shape index (κ3) is 5.01. The lowest BCUT2D eigenvalue weighted by Crippen LogP contribution is -2.42. The summed E-state index contributed by atoms with van der Waals surface area (Å²) in [6.07, 6.45) is 4.73. The van der Waals surface area contributed by atoms with E-state index in [0.29, 0.717) is 38.6 Å². The Labute approximate surface area is 189 Å². The van der Waals surface area contributed by atoms with Crippen LogP contribution in [-0.4, -0.2) is 75.8 Å². The van der Waals surface area contributed by atoms with E-state index in [1.807, 2.05) is 34.5 Å². The fraction of sp³-hybridized carbons (Fsp3) is 0.636. The summed E-state index contributed by atoms with van der Waals surface area (Å²) >= 11 is 0. The number of carbonyl (C=O) groups excluding carboxylic acids is 2. The van der Waals surface area contributed by atoms with E-state index in [4.69, 9.17) is 9.84 Å². The van der Waals surface area contributed by atoms with Gasteiger partial charge in [-0.05, 0) is 38.3 Å². The number of hydrogen-bond donors (Lipinski definition) is 0. The minimum atomic E-state index is -0.207. The van der Waals surface area contributed by atoms with Gasteiger partial charge in [-0.3, -0.25) is 14.3 Å². The summed E-state index contributed by atoms with van der Waals surface area (Å²) in [5.41, 5.74) is 1.99. The number of likely N-dealkylation sites (tertiary alicyclic amines) is 2. The van der Waals surface area contributed by atoms with Crippen LogP contribution in [0.4, 0.5) is 0 Å². The zero-order valence-electron chi connectivity index (χ0n) is 18.3. The van der Waals surface area contributed by atoms with Gasteiger partial charge >= 0.3 is 0 Å². The second-order valence-corrected chi connectivity index (χ2v) is 8.27. The number of pyridine rings is 1. The average molecular weight is 450 g/mol. The molecule has 0 radical (unpaired) electrons. The Morgan fingerprint density at radius 1 is 1.29 bits per heavy atom. The smallest absolute Gasteiger partial charge is 0.227 e. The number of nitrogens with zero attached hydrogens (tertiary/aromatic N) is 5. The summed E-state index contributed by atoms with van der Waals surface area (Å²) in [4.78, 5) is 33.5. The van der Waals surface area contributed by atoms with Gasteiger partial charge in [-0.1, -0.05) is 0 Å². The molecule has 0 spiro atoms. The maximum absolute atomic E-state index is 13.0. The van der Waals surface area contributed by atoms with Gasteiger partial charge in [0.05, 0.1) is 11.6 Å². The zero-order chi connectivity index (χ0) is 21.1. The van der Waals surface area contributed by atoms with Gasteiger partial charge in [-0.2, -0.15) is 5.10 Å². The highest BCUT2D eigenvalue weighted by Crippen LogP contribution is 2.32. The minimum Gasteiger partial charge on any atom is -0.382 e. The van der Waals surface area contributed by atoms with Gasteiger partial charge in [0.2, 0.25) is 11.8 Å².